The Labute approximate surface area is 101 Å². The van der Waals surface area contributed by atoms with Crippen molar-refractivity contribution in [2.45, 2.75) is 33.4 Å². The highest BCUT2D eigenvalue weighted by atomic mass is 15.1. The monoisotopic (exact) mass is 231 g/mol. The average Bonchev–Trinajstić information content (AvgIpc) is 2.67. The maximum absolute atomic E-state index is 4.36. The lowest BCUT2D eigenvalue weighted by Gasteiger charge is -2.15. The van der Waals surface area contributed by atoms with Crippen molar-refractivity contribution >= 4 is 5.82 Å². The van der Waals surface area contributed by atoms with Crippen LogP contribution < -0.4 is 5.32 Å². The molecule has 0 aliphatic carbocycles. The molecule has 2 aromatic heterocycles. The molecule has 0 bridgehead atoms. The van der Waals surface area contributed by atoms with E-state index >= 15 is 0 Å². The highest BCUT2D eigenvalue weighted by molar-refractivity contribution is 5.36. The number of nitrogens with zero attached hydrogens (tertiary/aromatic N) is 4. The van der Waals surface area contributed by atoms with E-state index in [2.05, 4.69) is 27.2 Å². The summed E-state index contributed by atoms with van der Waals surface area (Å²) < 4.78 is 2.04. The van der Waals surface area contributed by atoms with Crippen LogP contribution in [0.1, 0.15) is 18.4 Å². The number of aryl methyl sites for hydroxylation is 2. The normalized spacial score (nSPS) is 12.4. The molecular weight excluding hydrogens is 214 g/mol. The first-order valence-electron chi connectivity index (χ1n) is 5.68. The summed E-state index contributed by atoms with van der Waals surface area (Å²) in [7, 11) is 0. The number of anilines is 1. The zero-order valence-corrected chi connectivity index (χ0v) is 10.4. The molecule has 2 heterocycles. The molecule has 17 heavy (non-hydrogen) atoms. The maximum Gasteiger partial charge on any atom is 0.130 e. The summed E-state index contributed by atoms with van der Waals surface area (Å²) in [6.07, 6.45) is 5.55. The highest BCUT2D eigenvalue weighted by Crippen LogP contribution is 2.08. The quantitative estimate of drug-likeness (QED) is 0.871. The number of imidazole rings is 1. The molecule has 1 unspecified atom stereocenters. The molecule has 0 spiro atoms. The van der Waals surface area contributed by atoms with Gasteiger partial charge < -0.3 is 9.88 Å². The second-order valence-electron chi connectivity index (χ2n) is 4.25. The average molecular weight is 231 g/mol. The van der Waals surface area contributed by atoms with Crippen LogP contribution >= 0.6 is 0 Å². The van der Waals surface area contributed by atoms with Gasteiger partial charge in [-0.3, -0.25) is 0 Å². The number of hydrogen-bond donors (Lipinski definition) is 1. The third-order valence-corrected chi connectivity index (χ3v) is 2.40. The van der Waals surface area contributed by atoms with Gasteiger partial charge in [-0.1, -0.05) is 0 Å². The molecule has 2 aromatic rings. The lowest BCUT2D eigenvalue weighted by Crippen LogP contribution is -2.22. The van der Waals surface area contributed by atoms with Gasteiger partial charge in [0.2, 0.25) is 0 Å². The van der Waals surface area contributed by atoms with Crippen LogP contribution in [0.15, 0.2) is 24.8 Å². The minimum absolute atomic E-state index is 0.290. The van der Waals surface area contributed by atoms with Crippen LogP contribution in [-0.2, 0) is 6.54 Å². The fourth-order valence-electron chi connectivity index (χ4n) is 1.80. The molecule has 5 nitrogen and oxygen atoms in total. The van der Waals surface area contributed by atoms with E-state index in [-0.39, 0.29) is 6.04 Å². The zero-order valence-electron chi connectivity index (χ0n) is 10.4. The number of nitrogens with one attached hydrogen (secondary N) is 1. The van der Waals surface area contributed by atoms with Gasteiger partial charge in [-0.2, -0.15) is 0 Å². The molecule has 90 valence electrons. The SMILES string of the molecule is Cc1cc(NC(C)Cn2ccnc2)nc(C)n1. The third-order valence-electron chi connectivity index (χ3n) is 2.40. The van der Waals surface area contributed by atoms with Gasteiger partial charge in [-0.25, -0.2) is 15.0 Å². The molecule has 0 aliphatic heterocycles. The maximum atomic E-state index is 4.36. The summed E-state index contributed by atoms with van der Waals surface area (Å²) in [5.74, 6) is 1.67. The summed E-state index contributed by atoms with van der Waals surface area (Å²) in [5, 5.41) is 3.36. The Morgan fingerprint density at radius 1 is 1.35 bits per heavy atom. The van der Waals surface area contributed by atoms with E-state index < -0.39 is 0 Å². The van der Waals surface area contributed by atoms with E-state index in [4.69, 9.17) is 0 Å². The number of aromatic nitrogens is 4. The van der Waals surface area contributed by atoms with Crippen LogP contribution in [0.25, 0.3) is 0 Å². The topological polar surface area (TPSA) is 55.6 Å². The number of hydrogen-bond acceptors (Lipinski definition) is 4. The first-order chi connectivity index (χ1) is 8.13. The zero-order chi connectivity index (χ0) is 12.3. The lowest BCUT2D eigenvalue weighted by molar-refractivity contribution is 0.616. The third kappa shape index (κ3) is 3.27. The summed E-state index contributed by atoms with van der Waals surface area (Å²) in [5.41, 5.74) is 0.981. The van der Waals surface area contributed by atoms with Crippen LogP contribution in [0.4, 0.5) is 5.82 Å². The smallest absolute Gasteiger partial charge is 0.130 e. The van der Waals surface area contributed by atoms with Crippen molar-refractivity contribution in [3.8, 4) is 0 Å². The molecule has 0 fully saturated rings. The second kappa shape index (κ2) is 4.95. The van der Waals surface area contributed by atoms with Crippen molar-refractivity contribution in [1.29, 1.82) is 0 Å². The molecule has 1 atom stereocenters. The van der Waals surface area contributed by atoms with Crippen molar-refractivity contribution in [3.63, 3.8) is 0 Å². The second-order valence-corrected chi connectivity index (χ2v) is 4.25. The van der Waals surface area contributed by atoms with Gasteiger partial charge in [0.25, 0.3) is 0 Å². The minimum atomic E-state index is 0.290. The Balaban J connectivity index is 2.00. The summed E-state index contributed by atoms with van der Waals surface area (Å²) in [6, 6.07) is 2.25. The Morgan fingerprint density at radius 2 is 2.18 bits per heavy atom. The largest absolute Gasteiger partial charge is 0.366 e. The van der Waals surface area contributed by atoms with Crippen molar-refractivity contribution in [1.82, 2.24) is 19.5 Å². The molecule has 1 N–H and O–H groups in total. The van der Waals surface area contributed by atoms with Crippen LogP contribution in [0.3, 0.4) is 0 Å². The highest BCUT2D eigenvalue weighted by Gasteiger charge is 2.05. The Morgan fingerprint density at radius 3 is 2.82 bits per heavy atom. The van der Waals surface area contributed by atoms with Crippen molar-refractivity contribution in [2.75, 3.05) is 5.32 Å². The lowest BCUT2D eigenvalue weighted by atomic mass is 10.3. The molecular formula is C12H17N5. The van der Waals surface area contributed by atoms with Gasteiger partial charge in [0.1, 0.15) is 11.6 Å². The fourth-order valence-corrected chi connectivity index (χ4v) is 1.80. The van der Waals surface area contributed by atoms with Crippen molar-refractivity contribution in [2.24, 2.45) is 0 Å². The first kappa shape index (κ1) is 11.6. The predicted molar refractivity (Wildman–Crippen MR) is 66.8 cm³/mol. The standard InChI is InChI=1S/C12H17N5/c1-9-6-12(16-11(3)14-9)15-10(2)7-17-5-4-13-8-17/h4-6,8,10H,7H2,1-3H3,(H,14,15,16). The molecule has 0 aliphatic rings. The van der Waals surface area contributed by atoms with E-state index in [0.29, 0.717) is 0 Å². The van der Waals surface area contributed by atoms with Crippen LogP contribution in [0.5, 0.6) is 0 Å². The molecule has 0 amide bonds. The number of rotatable bonds is 4. The molecule has 0 aromatic carbocycles. The van der Waals surface area contributed by atoms with Gasteiger partial charge >= 0.3 is 0 Å². The fraction of sp³-hybridized carbons (Fsp3) is 0.417. The summed E-state index contributed by atoms with van der Waals surface area (Å²) in [6.45, 7) is 6.86. The molecule has 2 rings (SSSR count). The molecule has 0 saturated heterocycles. The van der Waals surface area contributed by atoms with E-state index in [0.717, 1.165) is 23.9 Å². The van der Waals surface area contributed by atoms with Crippen LogP contribution in [-0.4, -0.2) is 25.6 Å². The Hall–Kier alpha value is -1.91. The predicted octanol–water partition coefficient (Wildman–Crippen LogP) is 1.79. The Bertz CT molecular complexity index is 457. The van der Waals surface area contributed by atoms with Gasteiger partial charge in [-0.15, -0.1) is 0 Å². The van der Waals surface area contributed by atoms with Crippen LogP contribution in [0.2, 0.25) is 0 Å². The van der Waals surface area contributed by atoms with Crippen LogP contribution in [0, 0.1) is 13.8 Å². The minimum Gasteiger partial charge on any atom is -0.366 e. The molecule has 5 heteroatoms. The van der Waals surface area contributed by atoms with Gasteiger partial charge in [0, 0.05) is 36.7 Å². The van der Waals surface area contributed by atoms with Gasteiger partial charge in [0.15, 0.2) is 0 Å². The van der Waals surface area contributed by atoms with Crippen molar-refractivity contribution in [3.05, 3.63) is 36.3 Å². The molecule has 0 saturated carbocycles. The van der Waals surface area contributed by atoms with E-state index in [9.17, 15) is 0 Å². The first-order valence-corrected chi connectivity index (χ1v) is 5.68. The van der Waals surface area contributed by atoms with E-state index in [1.54, 1.807) is 6.20 Å². The Kier molecular flexibility index (Phi) is 3.37. The van der Waals surface area contributed by atoms with E-state index in [1.165, 1.54) is 0 Å². The van der Waals surface area contributed by atoms with Gasteiger partial charge in [-0.05, 0) is 20.8 Å². The summed E-state index contributed by atoms with van der Waals surface area (Å²) >= 11 is 0. The summed E-state index contributed by atoms with van der Waals surface area (Å²) in [4.78, 5) is 12.6. The molecule has 0 radical (unpaired) electrons. The van der Waals surface area contributed by atoms with E-state index in [1.807, 2.05) is 37.0 Å². The van der Waals surface area contributed by atoms with Crippen molar-refractivity contribution < 1.29 is 0 Å². The van der Waals surface area contributed by atoms with Gasteiger partial charge in [0.05, 0.1) is 6.33 Å².